The fourth-order valence-corrected chi connectivity index (χ4v) is 3.20. The minimum atomic E-state index is -0.776. The van der Waals surface area contributed by atoms with Gasteiger partial charge >= 0.3 is 0 Å². The summed E-state index contributed by atoms with van der Waals surface area (Å²) >= 11 is 0. The van der Waals surface area contributed by atoms with Crippen LogP contribution in [0.1, 0.15) is 72.1 Å². The Labute approximate surface area is 118 Å². The lowest BCUT2D eigenvalue weighted by Crippen LogP contribution is -2.47. The molecule has 0 aliphatic carbocycles. The maximum atomic E-state index is 12.9. The van der Waals surface area contributed by atoms with E-state index in [0.29, 0.717) is 12.8 Å². The molecule has 0 radical (unpaired) electrons. The molecule has 1 heterocycles. The van der Waals surface area contributed by atoms with E-state index in [1.807, 2.05) is 4.90 Å². The molecule has 0 saturated carbocycles. The standard InChI is InChI=1S/C16H28N2O/c1-4-10-16(13-17,11-5-2)15(19)18-12-8-6-7-9-14(18)3/h14H,4-12H2,1-3H3. The van der Waals surface area contributed by atoms with Crippen molar-refractivity contribution in [3.8, 4) is 6.07 Å². The summed E-state index contributed by atoms with van der Waals surface area (Å²) in [6, 6.07) is 2.65. The second-order valence-electron chi connectivity index (χ2n) is 5.89. The van der Waals surface area contributed by atoms with Crippen LogP contribution in [0.2, 0.25) is 0 Å². The van der Waals surface area contributed by atoms with Gasteiger partial charge in [0, 0.05) is 12.6 Å². The van der Waals surface area contributed by atoms with E-state index in [1.54, 1.807) is 0 Å². The van der Waals surface area contributed by atoms with Gasteiger partial charge in [-0.1, -0.05) is 39.5 Å². The fourth-order valence-electron chi connectivity index (χ4n) is 3.20. The number of hydrogen-bond donors (Lipinski definition) is 0. The molecule has 108 valence electrons. The van der Waals surface area contributed by atoms with Crippen LogP contribution in [-0.2, 0) is 4.79 Å². The molecule has 1 amide bonds. The maximum absolute atomic E-state index is 12.9. The van der Waals surface area contributed by atoms with Crippen LogP contribution >= 0.6 is 0 Å². The third-order valence-corrected chi connectivity index (χ3v) is 4.29. The minimum absolute atomic E-state index is 0.0908. The third kappa shape index (κ3) is 3.72. The van der Waals surface area contributed by atoms with E-state index < -0.39 is 5.41 Å². The van der Waals surface area contributed by atoms with Crippen molar-refractivity contribution in [1.29, 1.82) is 5.26 Å². The highest BCUT2D eigenvalue weighted by atomic mass is 16.2. The zero-order valence-corrected chi connectivity index (χ0v) is 12.7. The average molecular weight is 264 g/mol. The summed E-state index contributed by atoms with van der Waals surface area (Å²) in [5.74, 6) is 0.0908. The summed E-state index contributed by atoms with van der Waals surface area (Å²) < 4.78 is 0. The Bertz CT molecular complexity index is 326. The molecule has 1 fully saturated rings. The summed E-state index contributed by atoms with van der Waals surface area (Å²) in [5, 5.41) is 9.60. The van der Waals surface area contributed by atoms with Gasteiger partial charge in [0.05, 0.1) is 6.07 Å². The van der Waals surface area contributed by atoms with E-state index >= 15 is 0 Å². The van der Waals surface area contributed by atoms with Crippen molar-refractivity contribution in [1.82, 2.24) is 4.90 Å². The van der Waals surface area contributed by atoms with Gasteiger partial charge in [0.25, 0.3) is 0 Å². The molecular formula is C16H28N2O. The lowest BCUT2D eigenvalue weighted by molar-refractivity contribution is -0.142. The van der Waals surface area contributed by atoms with E-state index in [0.717, 1.165) is 32.2 Å². The molecule has 1 saturated heterocycles. The molecular weight excluding hydrogens is 236 g/mol. The highest BCUT2D eigenvalue weighted by Crippen LogP contribution is 2.33. The number of carbonyl (C=O) groups is 1. The number of nitrogens with zero attached hydrogens (tertiary/aromatic N) is 2. The van der Waals surface area contributed by atoms with Gasteiger partial charge in [0.15, 0.2) is 0 Å². The normalized spacial score (nSPS) is 20.7. The summed E-state index contributed by atoms with van der Waals surface area (Å²) in [4.78, 5) is 14.9. The summed E-state index contributed by atoms with van der Waals surface area (Å²) in [7, 11) is 0. The van der Waals surface area contributed by atoms with Gasteiger partial charge in [0.1, 0.15) is 5.41 Å². The molecule has 1 rings (SSSR count). The molecule has 19 heavy (non-hydrogen) atoms. The Balaban J connectivity index is 2.94. The zero-order valence-electron chi connectivity index (χ0n) is 12.7. The number of rotatable bonds is 5. The number of amides is 1. The lowest BCUT2D eigenvalue weighted by Gasteiger charge is -2.35. The van der Waals surface area contributed by atoms with Crippen LogP contribution in [0.3, 0.4) is 0 Å². The highest BCUT2D eigenvalue weighted by Gasteiger charge is 2.41. The van der Waals surface area contributed by atoms with Crippen molar-refractivity contribution < 1.29 is 4.79 Å². The van der Waals surface area contributed by atoms with Crippen LogP contribution in [0.5, 0.6) is 0 Å². The second-order valence-corrected chi connectivity index (χ2v) is 5.89. The number of hydrogen-bond acceptors (Lipinski definition) is 2. The third-order valence-electron chi connectivity index (χ3n) is 4.29. The molecule has 0 aromatic carbocycles. The topological polar surface area (TPSA) is 44.1 Å². The molecule has 0 bridgehead atoms. The van der Waals surface area contributed by atoms with Gasteiger partial charge in [0.2, 0.25) is 5.91 Å². The van der Waals surface area contributed by atoms with Crippen molar-refractivity contribution in [2.24, 2.45) is 5.41 Å². The first-order valence-electron chi connectivity index (χ1n) is 7.83. The minimum Gasteiger partial charge on any atom is -0.339 e. The Hall–Kier alpha value is -1.04. The Morgan fingerprint density at radius 1 is 1.26 bits per heavy atom. The summed E-state index contributed by atoms with van der Waals surface area (Å²) in [6.45, 7) is 7.07. The SMILES string of the molecule is CCCC(C#N)(CCC)C(=O)N1CCCCCC1C. The summed E-state index contributed by atoms with van der Waals surface area (Å²) in [5.41, 5.74) is -0.776. The smallest absolute Gasteiger partial charge is 0.243 e. The average Bonchev–Trinajstić information content (AvgIpc) is 2.62. The van der Waals surface area contributed by atoms with Gasteiger partial charge < -0.3 is 4.90 Å². The van der Waals surface area contributed by atoms with Crippen molar-refractivity contribution in [3.63, 3.8) is 0 Å². The van der Waals surface area contributed by atoms with Crippen LogP contribution in [0.15, 0.2) is 0 Å². The van der Waals surface area contributed by atoms with Crippen LogP contribution in [0, 0.1) is 16.7 Å². The largest absolute Gasteiger partial charge is 0.339 e. The van der Waals surface area contributed by atoms with E-state index in [1.165, 1.54) is 12.8 Å². The Morgan fingerprint density at radius 3 is 2.42 bits per heavy atom. The highest BCUT2D eigenvalue weighted by molar-refractivity contribution is 5.85. The van der Waals surface area contributed by atoms with E-state index in [4.69, 9.17) is 0 Å². The van der Waals surface area contributed by atoms with E-state index in [2.05, 4.69) is 26.8 Å². The first-order valence-corrected chi connectivity index (χ1v) is 7.83. The monoisotopic (exact) mass is 264 g/mol. The summed E-state index contributed by atoms with van der Waals surface area (Å²) in [6.07, 6.45) is 7.73. The van der Waals surface area contributed by atoms with E-state index in [9.17, 15) is 10.1 Å². The van der Waals surface area contributed by atoms with Gasteiger partial charge in [-0.15, -0.1) is 0 Å². The van der Waals surface area contributed by atoms with Crippen molar-refractivity contribution in [2.45, 2.75) is 78.2 Å². The first-order chi connectivity index (χ1) is 9.11. The molecule has 0 N–H and O–H groups in total. The number of nitriles is 1. The van der Waals surface area contributed by atoms with Gasteiger partial charge in [-0.05, 0) is 32.6 Å². The molecule has 3 nitrogen and oxygen atoms in total. The maximum Gasteiger partial charge on any atom is 0.243 e. The first kappa shape index (κ1) is 16.0. The number of carbonyl (C=O) groups excluding carboxylic acids is 1. The lowest BCUT2D eigenvalue weighted by atomic mass is 9.79. The van der Waals surface area contributed by atoms with Crippen molar-refractivity contribution >= 4 is 5.91 Å². The molecule has 1 aliphatic rings. The van der Waals surface area contributed by atoms with Crippen LogP contribution in [0.25, 0.3) is 0 Å². The Morgan fingerprint density at radius 2 is 1.89 bits per heavy atom. The Kier molecular flexibility index (Phi) is 6.34. The molecule has 1 atom stereocenters. The van der Waals surface area contributed by atoms with Crippen molar-refractivity contribution in [2.75, 3.05) is 6.54 Å². The number of likely N-dealkylation sites (tertiary alicyclic amines) is 1. The van der Waals surface area contributed by atoms with Crippen LogP contribution in [0.4, 0.5) is 0 Å². The predicted molar refractivity (Wildman–Crippen MR) is 77.5 cm³/mol. The van der Waals surface area contributed by atoms with Gasteiger partial charge in [-0.2, -0.15) is 5.26 Å². The molecule has 3 heteroatoms. The van der Waals surface area contributed by atoms with E-state index in [-0.39, 0.29) is 11.9 Å². The fraction of sp³-hybridized carbons (Fsp3) is 0.875. The van der Waals surface area contributed by atoms with Gasteiger partial charge in [-0.3, -0.25) is 4.79 Å². The van der Waals surface area contributed by atoms with Gasteiger partial charge in [-0.25, -0.2) is 0 Å². The molecule has 0 aromatic heterocycles. The second kappa shape index (κ2) is 7.53. The molecule has 1 unspecified atom stereocenters. The van der Waals surface area contributed by atoms with Crippen molar-refractivity contribution in [3.05, 3.63) is 0 Å². The van der Waals surface area contributed by atoms with Crippen LogP contribution < -0.4 is 0 Å². The zero-order chi connectivity index (χ0) is 14.3. The van der Waals surface area contributed by atoms with Crippen LogP contribution in [-0.4, -0.2) is 23.4 Å². The quantitative estimate of drug-likeness (QED) is 0.756. The molecule has 0 aromatic rings. The predicted octanol–water partition coefficient (Wildman–Crippen LogP) is 3.89. The molecule has 1 aliphatic heterocycles. The molecule has 0 spiro atoms.